The molecule has 1 amide bonds. The number of fused-ring (bicyclic) bond motifs is 1. The first-order valence-corrected chi connectivity index (χ1v) is 7.59. The number of hydrogen-bond donors (Lipinski definition) is 1. The minimum absolute atomic E-state index is 0.000229. The molecule has 1 aromatic rings. The highest BCUT2D eigenvalue weighted by molar-refractivity contribution is 7.90. The normalized spacial score (nSPS) is 16.8. The monoisotopic (exact) mass is 269 g/mol. The maximum absolute atomic E-state index is 11.5. The second-order valence-corrected chi connectivity index (χ2v) is 6.81. The lowest BCUT2D eigenvalue weighted by Crippen LogP contribution is -2.20. The molecule has 0 aromatic heterocycles. The van der Waals surface area contributed by atoms with Crippen LogP contribution in [0.3, 0.4) is 0 Å². The fraction of sp³-hybridized carbons (Fsp3) is 0.417. The van der Waals surface area contributed by atoms with Crippen molar-refractivity contribution in [1.29, 1.82) is 0 Å². The summed E-state index contributed by atoms with van der Waals surface area (Å²) in [6, 6.07) is 5.09. The molecule has 18 heavy (non-hydrogen) atoms. The van der Waals surface area contributed by atoms with Crippen molar-refractivity contribution in [2.75, 3.05) is 24.0 Å². The van der Waals surface area contributed by atoms with E-state index in [2.05, 4.69) is 0 Å². The van der Waals surface area contributed by atoms with Crippen LogP contribution in [-0.4, -0.2) is 38.5 Å². The predicted octanol–water partition coefficient (Wildman–Crippen LogP) is 0.283. The predicted molar refractivity (Wildman–Crippen MR) is 68.2 cm³/mol. The van der Waals surface area contributed by atoms with Gasteiger partial charge in [-0.15, -0.1) is 0 Å². The molecule has 1 heterocycles. The third kappa shape index (κ3) is 2.54. The highest BCUT2D eigenvalue weighted by Crippen LogP contribution is 2.30. The highest BCUT2D eigenvalue weighted by Gasteiger charge is 2.25. The van der Waals surface area contributed by atoms with Crippen molar-refractivity contribution in [3.05, 3.63) is 29.3 Å². The molecule has 0 saturated carbocycles. The van der Waals surface area contributed by atoms with Crippen molar-refractivity contribution >= 4 is 21.4 Å². The Morgan fingerprint density at radius 1 is 1.44 bits per heavy atom. The summed E-state index contributed by atoms with van der Waals surface area (Å²) >= 11 is 0. The molecule has 0 saturated heterocycles. The summed E-state index contributed by atoms with van der Waals surface area (Å²) in [7, 11) is -1.54. The molecule has 5 nitrogen and oxygen atoms in total. The van der Waals surface area contributed by atoms with E-state index in [-0.39, 0.29) is 11.7 Å². The van der Waals surface area contributed by atoms with E-state index < -0.39 is 15.9 Å². The Bertz CT molecular complexity index is 594. The number of aliphatic hydroxyl groups is 1. The van der Waals surface area contributed by atoms with Crippen LogP contribution in [0.2, 0.25) is 0 Å². The Morgan fingerprint density at radius 2 is 2.11 bits per heavy atom. The first-order chi connectivity index (χ1) is 8.28. The number of rotatable bonds is 3. The summed E-state index contributed by atoms with van der Waals surface area (Å²) in [4.78, 5) is 13.1. The van der Waals surface area contributed by atoms with E-state index >= 15 is 0 Å². The molecule has 0 bridgehead atoms. The first kappa shape index (κ1) is 13.0. The van der Waals surface area contributed by atoms with Crippen LogP contribution in [0.4, 0.5) is 5.69 Å². The highest BCUT2D eigenvalue weighted by atomic mass is 32.2. The lowest BCUT2D eigenvalue weighted by atomic mass is 10.1. The number of anilines is 1. The first-order valence-electron chi connectivity index (χ1n) is 5.53. The summed E-state index contributed by atoms with van der Waals surface area (Å²) < 4.78 is 22.3. The van der Waals surface area contributed by atoms with Crippen molar-refractivity contribution < 1.29 is 18.3 Å². The molecule has 2 rings (SSSR count). The quantitative estimate of drug-likeness (QED) is 0.855. The van der Waals surface area contributed by atoms with E-state index in [0.29, 0.717) is 12.0 Å². The Kier molecular flexibility index (Phi) is 3.16. The van der Waals surface area contributed by atoms with Gasteiger partial charge in [0.05, 0.1) is 18.3 Å². The third-order valence-electron chi connectivity index (χ3n) is 3.03. The zero-order valence-corrected chi connectivity index (χ0v) is 11.1. The Morgan fingerprint density at radius 3 is 2.72 bits per heavy atom. The zero-order chi connectivity index (χ0) is 13.5. The van der Waals surface area contributed by atoms with Gasteiger partial charge in [0.1, 0.15) is 9.84 Å². The number of benzene rings is 1. The SMILES string of the molecule is CN1C(=O)Cc2cc(C(O)CS(C)(=O)=O)ccc21. The summed E-state index contributed by atoms with van der Waals surface area (Å²) in [5.74, 6) is -0.310. The number of aliphatic hydroxyl groups excluding tert-OH is 1. The number of hydrogen-bond acceptors (Lipinski definition) is 4. The van der Waals surface area contributed by atoms with Gasteiger partial charge in [-0.2, -0.15) is 0 Å². The van der Waals surface area contributed by atoms with Crippen LogP contribution in [0.5, 0.6) is 0 Å². The molecule has 0 spiro atoms. The van der Waals surface area contributed by atoms with Gasteiger partial charge in [-0.05, 0) is 17.2 Å². The van der Waals surface area contributed by atoms with Crippen LogP contribution in [0, 0.1) is 0 Å². The lowest BCUT2D eigenvalue weighted by Gasteiger charge is -2.13. The van der Waals surface area contributed by atoms with E-state index in [9.17, 15) is 18.3 Å². The van der Waals surface area contributed by atoms with Crippen molar-refractivity contribution in [1.82, 2.24) is 0 Å². The molecule has 0 fully saturated rings. The number of carbonyl (C=O) groups is 1. The molecule has 1 N–H and O–H groups in total. The zero-order valence-electron chi connectivity index (χ0n) is 10.3. The Labute approximate surface area is 106 Å². The molecular weight excluding hydrogens is 254 g/mol. The van der Waals surface area contributed by atoms with Gasteiger partial charge in [-0.3, -0.25) is 4.79 Å². The van der Waals surface area contributed by atoms with Crippen LogP contribution in [0.15, 0.2) is 18.2 Å². The van der Waals surface area contributed by atoms with Crippen molar-refractivity contribution in [3.8, 4) is 0 Å². The number of nitrogens with zero attached hydrogens (tertiary/aromatic N) is 1. The molecule has 1 aliphatic heterocycles. The molecule has 1 atom stereocenters. The van der Waals surface area contributed by atoms with Gasteiger partial charge < -0.3 is 10.0 Å². The van der Waals surface area contributed by atoms with Crippen LogP contribution in [0.25, 0.3) is 0 Å². The van der Waals surface area contributed by atoms with E-state index in [0.717, 1.165) is 17.5 Å². The lowest BCUT2D eigenvalue weighted by molar-refractivity contribution is -0.117. The standard InChI is InChI=1S/C12H15NO4S/c1-13-10-4-3-8(5-9(10)6-12(13)15)11(14)7-18(2,16)17/h3-5,11,14H,6-7H2,1-2H3. The number of carbonyl (C=O) groups excluding carboxylic acids is 1. The maximum Gasteiger partial charge on any atom is 0.231 e. The van der Waals surface area contributed by atoms with Gasteiger partial charge in [0, 0.05) is 19.0 Å². The molecule has 1 aromatic carbocycles. The second-order valence-electron chi connectivity index (χ2n) is 4.63. The summed E-state index contributed by atoms with van der Waals surface area (Å²) in [6.45, 7) is 0. The van der Waals surface area contributed by atoms with E-state index in [1.165, 1.54) is 0 Å². The molecule has 1 unspecified atom stereocenters. The molecule has 6 heteroatoms. The van der Waals surface area contributed by atoms with Crippen LogP contribution in [0.1, 0.15) is 17.2 Å². The average molecular weight is 269 g/mol. The van der Waals surface area contributed by atoms with E-state index in [1.807, 2.05) is 0 Å². The molecule has 0 aliphatic carbocycles. The van der Waals surface area contributed by atoms with Gasteiger partial charge in [-0.25, -0.2) is 8.42 Å². The van der Waals surface area contributed by atoms with E-state index in [4.69, 9.17) is 0 Å². The van der Waals surface area contributed by atoms with Gasteiger partial charge in [0.2, 0.25) is 5.91 Å². The summed E-state index contributed by atoms with van der Waals surface area (Å²) in [5.41, 5.74) is 2.17. The molecular formula is C12H15NO4S. The number of likely N-dealkylation sites (N-methyl/N-ethyl adjacent to an activating group) is 1. The maximum atomic E-state index is 11.5. The topological polar surface area (TPSA) is 74.7 Å². The smallest absolute Gasteiger partial charge is 0.231 e. The summed E-state index contributed by atoms with van der Waals surface area (Å²) in [5, 5.41) is 9.84. The largest absolute Gasteiger partial charge is 0.387 e. The van der Waals surface area contributed by atoms with Crippen molar-refractivity contribution in [2.24, 2.45) is 0 Å². The third-order valence-corrected chi connectivity index (χ3v) is 3.95. The number of amides is 1. The van der Waals surface area contributed by atoms with Crippen LogP contribution >= 0.6 is 0 Å². The fourth-order valence-electron chi connectivity index (χ4n) is 2.08. The molecule has 0 radical (unpaired) electrons. The van der Waals surface area contributed by atoms with Crippen molar-refractivity contribution in [2.45, 2.75) is 12.5 Å². The van der Waals surface area contributed by atoms with E-state index in [1.54, 1.807) is 30.1 Å². The Balaban J connectivity index is 2.28. The fourth-order valence-corrected chi connectivity index (χ4v) is 2.85. The van der Waals surface area contributed by atoms with Crippen molar-refractivity contribution in [3.63, 3.8) is 0 Å². The summed E-state index contributed by atoms with van der Waals surface area (Å²) in [6.07, 6.45) is 0.331. The molecule has 98 valence electrons. The number of sulfone groups is 1. The van der Waals surface area contributed by atoms with Gasteiger partial charge in [0.25, 0.3) is 0 Å². The van der Waals surface area contributed by atoms with Gasteiger partial charge >= 0.3 is 0 Å². The second kappa shape index (κ2) is 4.37. The Hall–Kier alpha value is -1.40. The van der Waals surface area contributed by atoms with Gasteiger partial charge in [0.15, 0.2) is 0 Å². The average Bonchev–Trinajstić information content (AvgIpc) is 2.52. The molecule has 1 aliphatic rings. The van der Waals surface area contributed by atoms with Gasteiger partial charge in [-0.1, -0.05) is 12.1 Å². The van der Waals surface area contributed by atoms with Crippen LogP contribution in [-0.2, 0) is 21.1 Å². The minimum atomic E-state index is -3.23. The van der Waals surface area contributed by atoms with Crippen LogP contribution < -0.4 is 4.90 Å². The minimum Gasteiger partial charge on any atom is -0.387 e.